The Morgan fingerprint density at radius 1 is 0.938 bits per heavy atom. The molecule has 0 bridgehead atoms. The average molecular weight is 434 g/mol. The Morgan fingerprint density at radius 3 is 2.50 bits per heavy atom. The van der Waals surface area contributed by atoms with Crippen molar-refractivity contribution in [1.82, 2.24) is 4.90 Å². The average Bonchev–Trinajstić information content (AvgIpc) is 2.81. The fraction of sp³-hybridized carbons (Fsp3) is 0.677. The van der Waals surface area contributed by atoms with Crippen molar-refractivity contribution < 1.29 is 0 Å². The molecule has 4 rings (SSSR count). The molecule has 1 saturated carbocycles. The van der Waals surface area contributed by atoms with Gasteiger partial charge >= 0.3 is 0 Å². The number of hydrogen-bond acceptors (Lipinski definition) is 1. The second kappa shape index (κ2) is 12.2. The fourth-order valence-corrected chi connectivity index (χ4v) is 6.50. The molecular weight excluding hydrogens is 386 g/mol. The van der Waals surface area contributed by atoms with E-state index in [9.17, 15) is 0 Å². The third kappa shape index (κ3) is 7.62. The summed E-state index contributed by atoms with van der Waals surface area (Å²) in [4.78, 5) is 2.56. The summed E-state index contributed by atoms with van der Waals surface area (Å²) in [5, 5.41) is 0. The number of allylic oxidation sites excluding steroid dienone is 9. The van der Waals surface area contributed by atoms with E-state index in [4.69, 9.17) is 0 Å². The van der Waals surface area contributed by atoms with E-state index >= 15 is 0 Å². The Labute approximate surface area is 198 Å². The SMILES string of the molecule is CC1C=CC=C(CC2CCC(CC3C=CC(CCN(C)CC4CC=CCC4)=CC3)CC2)C1. The summed E-state index contributed by atoms with van der Waals surface area (Å²) in [6, 6.07) is 0. The largest absolute Gasteiger partial charge is 0.306 e. The van der Waals surface area contributed by atoms with Crippen LogP contribution in [0.25, 0.3) is 0 Å². The lowest BCUT2D eigenvalue weighted by molar-refractivity contribution is 0.244. The van der Waals surface area contributed by atoms with E-state index < -0.39 is 0 Å². The molecule has 1 fully saturated rings. The molecule has 4 aliphatic carbocycles. The summed E-state index contributed by atoms with van der Waals surface area (Å²) in [6.45, 7) is 4.82. The van der Waals surface area contributed by atoms with Crippen molar-refractivity contribution in [2.75, 3.05) is 20.1 Å². The summed E-state index contributed by atoms with van der Waals surface area (Å²) < 4.78 is 0. The van der Waals surface area contributed by atoms with Crippen LogP contribution in [0.5, 0.6) is 0 Å². The maximum absolute atomic E-state index is 2.56. The van der Waals surface area contributed by atoms with Gasteiger partial charge in [-0.15, -0.1) is 0 Å². The highest BCUT2D eigenvalue weighted by molar-refractivity contribution is 5.24. The van der Waals surface area contributed by atoms with Crippen LogP contribution in [0.4, 0.5) is 0 Å². The monoisotopic (exact) mass is 433 g/mol. The van der Waals surface area contributed by atoms with Gasteiger partial charge in [0.2, 0.25) is 0 Å². The molecule has 0 N–H and O–H groups in total. The summed E-state index contributed by atoms with van der Waals surface area (Å²) in [6.07, 6.45) is 35.7. The Hall–Kier alpha value is -1.34. The zero-order valence-electron chi connectivity index (χ0n) is 20.9. The van der Waals surface area contributed by atoms with Crippen molar-refractivity contribution in [2.24, 2.45) is 29.6 Å². The zero-order chi connectivity index (χ0) is 22.2. The lowest BCUT2D eigenvalue weighted by Crippen LogP contribution is -2.27. The quantitative estimate of drug-likeness (QED) is 0.331. The standard InChI is InChI=1S/C31H47N/c1-25-7-6-10-31(21-25)23-29-17-15-28(16-18-29)22-27-13-11-26(12-14-27)19-20-32(2)24-30-8-4-3-5-9-30/h3-4,6-7,10-13,25,27-30H,5,8-9,14-24H2,1-2H3. The second-order valence-electron chi connectivity index (χ2n) is 11.5. The van der Waals surface area contributed by atoms with Crippen LogP contribution in [-0.4, -0.2) is 25.0 Å². The third-order valence-corrected chi connectivity index (χ3v) is 8.50. The zero-order valence-corrected chi connectivity index (χ0v) is 20.9. The van der Waals surface area contributed by atoms with E-state index in [-0.39, 0.29) is 0 Å². The molecule has 0 heterocycles. The molecule has 0 radical (unpaired) electrons. The first-order valence-electron chi connectivity index (χ1n) is 13.7. The lowest BCUT2D eigenvalue weighted by Gasteiger charge is -2.32. The molecule has 3 unspecified atom stereocenters. The minimum Gasteiger partial charge on any atom is -0.306 e. The predicted octanol–water partition coefficient (Wildman–Crippen LogP) is 8.28. The third-order valence-electron chi connectivity index (χ3n) is 8.50. The Morgan fingerprint density at radius 2 is 1.78 bits per heavy atom. The highest BCUT2D eigenvalue weighted by atomic mass is 15.1. The summed E-state index contributed by atoms with van der Waals surface area (Å²) in [7, 11) is 2.31. The van der Waals surface area contributed by atoms with E-state index in [0.717, 1.165) is 29.6 Å². The molecule has 0 aromatic heterocycles. The van der Waals surface area contributed by atoms with Gasteiger partial charge in [-0.1, -0.05) is 79.5 Å². The van der Waals surface area contributed by atoms with Crippen LogP contribution in [0.2, 0.25) is 0 Å². The molecule has 0 aromatic carbocycles. The molecule has 1 heteroatoms. The molecule has 0 amide bonds. The van der Waals surface area contributed by atoms with Gasteiger partial charge in [-0.2, -0.15) is 0 Å². The Balaban J connectivity index is 1.10. The predicted molar refractivity (Wildman–Crippen MR) is 140 cm³/mol. The van der Waals surface area contributed by atoms with Crippen LogP contribution in [0.15, 0.2) is 59.8 Å². The minimum absolute atomic E-state index is 0.747. The summed E-state index contributed by atoms with van der Waals surface area (Å²) in [5.74, 6) is 4.33. The van der Waals surface area contributed by atoms with Gasteiger partial charge in [0.25, 0.3) is 0 Å². The molecular formula is C31H47N. The van der Waals surface area contributed by atoms with Crippen LogP contribution in [0.3, 0.4) is 0 Å². The molecule has 0 aliphatic heterocycles. The van der Waals surface area contributed by atoms with Crippen LogP contribution >= 0.6 is 0 Å². The number of hydrogen-bond donors (Lipinski definition) is 0. The van der Waals surface area contributed by atoms with Crippen molar-refractivity contribution in [3.8, 4) is 0 Å². The molecule has 0 aromatic rings. The van der Waals surface area contributed by atoms with Gasteiger partial charge in [-0.25, -0.2) is 0 Å². The van der Waals surface area contributed by atoms with Gasteiger partial charge in [0, 0.05) is 13.1 Å². The van der Waals surface area contributed by atoms with E-state index in [0.29, 0.717) is 0 Å². The van der Waals surface area contributed by atoms with Crippen molar-refractivity contribution in [3.05, 3.63) is 59.8 Å². The summed E-state index contributed by atoms with van der Waals surface area (Å²) in [5.41, 5.74) is 3.28. The van der Waals surface area contributed by atoms with Crippen LogP contribution < -0.4 is 0 Å². The fourth-order valence-electron chi connectivity index (χ4n) is 6.50. The maximum atomic E-state index is 2.56. The molecule has 0 saturated heterocycles. The first kappa shape index (κ1) is 23.8. The topological polar surface area (TPSA) is 3.24 Å². The summed E-state index contributed by atoms with van der Waals surface area (Å²) >= 11 is 0. The molecule has 4 aliphatic rings. The second-order valence-corrected chi connectivity index (χ2v) is 11.5. The van der Waals surface area contributed by atoms with Gasteiger partial charge in [0.15, 0.2) is 0 Å². The highest BCUT2D eigenvalue weighted by Crippen LogP contribution is 2.38. The van der Waals surface area contributed by atoms with Gasteiger partial charge in [0.1, 0.15) is 0 Å². The number of nitrogens with zero attached hydrogens (tertiary/aromatic N) is 1. The van der Waals surface area contributed by atoms with E-state index in [1.54, 1.807) is 11.1 Å². The van der Waals surface area contributed by atoms with E-state index in [2.05, 4.69) is 67.5 Å². The van der Waals surface area contributed by atoms with Crippen LogP contribution in [-0.2, 0) is 0 Å². The minimum atomic E-state index is 0.747. The van der Waals surface area contributed by atoms with Crippen LogP contribution in [0.1, 0.15) is 84.0 Å². The van der Waals surface area contributed by atoms with E-state index in [1.807, 2.05) is 0 Å². The molecule has 176 valence electrons. The first-order chi connectivity index (χ1) is 15.6. The van der Waals surface area contributed by atoms with Crippen molar-refractivity contribution >= 4 is 0 Å². The van der Waals surface area contributed by atoms with Crippen molar-refractivity contribution in [3.63, 3.8) is 0 Å². The smallest absolute Gasteiger partial charge is 0.00188 e. The van der Waals surface area contributed by atoms with Crippen molar-refractivity contribution in [2.45, 2.75) is 84.0 Å². The molecule has 0 spiro atoms. The van der Waals surface area contributed by atoms with Gasteiger partial charge in [-0.05, 0) is 101 Å². The maximum Gasteiger partial charge on any atom is 0.00188 e. The van der Waals surface area contributed by atoms with Crippen LogP contribution in [0, 0.1) is 29.6 Å². The lowest BCUT2D eigenvalue weighted by atomic mass is 9.74. The van der Waals surface area contributed by atoms with Gasteiger partial charge in [-0.3, -0.25) is 0 Å². The van der Waals surface area contributed by atoms with Gasteiger partial charge < -0.3 is 4.90 Å². The first-order valence-corrected chi connectivity index (χ1v) is 13.7. The molecule has 3 atom stereocenters. The Bertz CT molecular complexity index is 728. The Kier molecular flexibility index (Phi) is 9.09. The van der Waals surface area contributed by atoms with E-state index in [1.165, 1.54) is 90.1 Å². The highest BCUT2D eigenvalue weighted by Gasteiger charge is 2.24. The number of rotatable bonds is 9. The van der Waals surface area contributed by atoms with Crippen molar-refractivity contribution in [1.29, 1.82) is 0 Å². The molecule has 1 nitrogen and oxygen atoms in total. The molecule has 32 heavy (non-hydrogen) atoms. The van der Waals surface area contributed by atoms with Gasteiger partial charge in [0.05, 0.1) is 0 Å². The normalized spacial score (nSPS) is 32.8.